The molecule has 18 heavy (non-hydrogen) atoms. The Labute approximate surface area is 107 Å². The number of imide groups is 1. The Kier molecular flexibility index (Phi) is 3.77. The van der Waals surface area contributed by atoms with Gasteiger partial charge in [0.1, 0.15) is 0 Å². The maximum atomic E-state index is 12.1. The summed E-state index contributed by atoms with van der Waals surface area (Å²) >= 11 is 0. The van der Waals surface area contributed by atoms with Crippen LogP contribution in [-0.2, 0) is 4.74 Å². The Hall–Kier alpha value is -1.68. The van der Waals surface area contributed by atoms with Crippen LogP contribution in [0.2, 0.25) is 0 Å². The highest BCUT2D eigenvalue weighted by molar-refractivity contribution is 6.21. The predicted octanol–water partition coefficient (Wildman–Crippen LogP) is 2.10. The summed E-state index contributed by atoms with van der Waals surface area (Å²) in [6.07, 6.45) is 0.791. The number of rotatable bonds is 5. The molecular weight excluding hydrogens is 230 g/mol. The fraction of sp³-hybridized carbons (Fsp3) is 0.429. The molecule has 0 spiro atoms. The first-order chi connectivity index (χ1) is 8.65. The van der Waals surface area contributed by atoms with Crippen LogP contribution in [0.4, 0.5) is 0 Å². The molecule has 4 nitrogen and oxygen atoms in total. The van der Waals surface area contributed by atoms with Crippen LogP contribution in [0.5, 0.6) is 0 Å². The fourth-order valence-electron chi connectivity index (χ4n) is 2.03. The number of nitrogens with zero attached hydrogens (tertiary/aromatic N) is 1. The van der Waals surface area contributed by atoms with Crippen LogP contribution >= 0.6 is 0 Å². The van der Waals surface area contributed by atoms with Gasteiger partial charge in [-0.1, -0.05) is 19.1 Å². The van der Waals surface area contributed by atoms with Crippen molar-refractivity contribution in [3.63, 3.8) is 0 Å². The van der Waals surface area contributed by atoms with Crippen LogP contribution in [0.1, 0.15) is 41.0 Å². The van der Waals surface area contributed by atoms with E-state index < -0.39 is 0 Å². The van der Waals surface area contributed by atoms with Crippen molar-refractivity contribution in [1.82, 2.24) is 4.90 Å². The van der Waals surface area contributed by atoms with Crippen molar-refractivity contribution < 1.29 is 14.3 Å². The molecule has 0 aromatic heterocycles. The van der Waals surface area contributed by atoms with E-state index in [9.17, 15) is 9.59 Å². The highest BCUT2D eigenvalue weighted by Gasteiger charge is 2.35. The molecule has 0 bridgehead atoms. The predicted molar refractivity (Wildman–Crippen MR) is 67.5 cm³/mol. The highest BCUT2D eigenvalue weighted by atomic mass is 16.5. The van der Waals surface area contributed by atoms with Crippen LogP contribution in [0.3, 0.4) is 0 Å². The first-order valence-corrected chi connectivity index (χ1v) is 6.22. The van der Waals surface area contributed by atoms with Crippen molar-refractivity contribution in [2.75, 3.05) is 13.2 Å². The summed E-state index contributed by atoms with van der Waals surface area (Å²) in [5.74, 6) is -0.440. The second kappa shape index (κ2) is 5.31. The van der Waals surface area contributed by atoms with Gasteiger partial charge in [0.25, 0.3) is 11.8 Å². The molecule has 0 aliphatic carbocycles. The summed E-state index contributed by atoms with van der Waals surface area (Å²) in [4.78, 5) is 25.4. The van der Waals surface area contributed by atoms with E-state index >= 15 is 0 Å². The molecule has 1 aliphatic heterocycles. The maximum Gasteiger partial charge on any atom is 0.261 e. The van der Waals surface area contributed by atoms with Crippen LogP contribution < -0.4 is 0 Å². The minimum absolute atomic E-state index is 0.132. The second-order valence-electron chi connectivity index (χ2n) is 4.45. The quantitative estimate of drug-likeness (QED) is 0.748. The molecule has 1 aromatic carbocycles. The smallest absolute Gasteiger partial charge is 0.261 e. The molecule has 96 valence electrons. The average Bonchev–Trinajstić information content (AvgIpc) is 2.62. The fourth-order valence-corrected chi connectivity index (χ4v) is 2.03. The van der Waals surface area contributed by atoms with Crippen molar-refractivity contribution in [2.24, 2.45) is 0 Å². The first kappa shape index (κ1) is 12.8. The summed E-state index contributed by atoms with van der Waals surface area (Å²) in [5, 5.41) is 0. The lowest BCUT2D eigenvalue weighted by Gasteiger charge is -2.19. The van der Waals surface area contributed by atoms with Gasteiger partial charge < -0.3 is 4.74 Å². The maximum absolute atomic E-state index is 12.1. The number of fused-ring (bicyclic) bond motifs is 1. The third-order valence-electron chi connectivity index (χ3n) is 2.92. The van der Waals surface area contributed by atoms with Crippen molar-refractivity contribution in [1.29, 1.82) is 0 Å². The molecule has 1 aromatic rings. The van der Waals surface area contributed by atoms with Gasteiger partial charge in [0.15, 0.2) is 0 Å². The monoisotopic (exact) mass is 247 g/mol. The summed E-state index contributed by atoms with van der Waals surface area (Å²) < 4.78 is 5.50. The molecular formula is C14H17NO3. The minimum atomic E-state index is -0.220. The Bertz CT molecular complexity index is 435. The highest BCUT2D eigenvalue weighted by Crippen LogP contribution is 2.22. The van der Waals surface area contributed by atoms with Gasteiger partial charge in [-0.05, 0) is 25.5 Å². The molecule has 0 N–H and O–H groups in total. The molecule has 4 heteroatoms. The van der Waals surface area contributed by atoms with Gasteiger partial charge in [-0.2, -0.15) is 0 Å². The summed E-state index contributed by atoms with van der Waals surface area (Å²) in [6, 6.07) is 6.91. The molecule has 0 fully saturated rings. The molecule has 2 amide bonds. The van der Waals surface area contributed by atoms with Gasteiger partial charge in [0.2, 0.25) is 0 Å². The van der Waals surface area contributed by atoms with E-state index in [4.69, 9.17) is 4.74 Å². The van der Waals surface area contributed by atoms with Gasteiger partial charge in [-0.15, -0.1) is 0 Å². The Morgan fingerprint density at radius 2 is 1.72 bits per heavy atom. The molecule has 1 atom stereocenters. The molecule has 1 aliphatic rings. The number of benzene rings is 1. The molecule has 0 radical (unpaired) electrons. The summed E-state index contributed by atoms with van der Waals surface area (Å²) in [5.41, 5.74) is 0.982. The number of carbonyl (C=O) groups excluding carboxylic acids is 2. The zero-order valence-corrected chi connectivity index (χ0v) is 10.7. The SMILES string of the molecule is CCCOC(C)CN1C(=O)c2ccccc2C1=O. The van der Waals surface area contributed by atoms with Gasteiger partial charge in [0.05, 0.1) is 23.8 Å². The third-order valence-corrected chi connectivity index (χ3v) is 2.92. The first-order valence-electron chi connectivity index (χ1n) is 6.22. The Balaban J connectivity index is 2.09. The van der Waals surface area contributed by atoms with E-state index in [1.54, 1.807) is 24.3 Å². The van der Waals surface area contributed by atoms with E-state index in [-0.39, 0.29) is 17.9 Å². The average molecular weight is 247 g/mol. The number of carbonyl (C=O) groups is 2. The second-order valence-corrected chi connectivity index (χ2v) is 4.45. The minimum Gasteiger partial charge on any atom is -0.377 e. The number of ether oxygens (including phenoxy) is 1. The van der Waals surface area contributed by atoms with Gasteiger partial charge in [-0.3, -0.25) is 14.5 Å². The zero-order valence-electron chi connectivity index (χ0n) is 10.7. The number of hydrogen-bond acceptors (Lipinski definition) is 3. The lowest BCUT2D eigenvalue weighted by Crippen LogP contribution is -2.36. The van der Waals surface area contributed by atoms with E-state index in [0.717, 1.165) is 6.42 Å². The van der Waals surface area contributed by atoms with E-state index in [2.05, 4.69) is 0 Å². The molecule has 1 heterocycles. The number of hydrogen-bond donors (Lipinski definition) is 0. The molecule has 1 unspecified atom stereocenters. The van der Waals surface area contributed by atoms with Crippen LogP contribution in [0.25, 0.3) is 0 Å². The zero-order chi connectivity index (χ0) is 13.1. The van der Waals surface area contributed by atoms with Crippen molar-refractivity contribution >= 4 is 11.8 Å². The van der Waals surface area contributed by atoms with Crippen LogP contribution in [0.15, 0.2) is 24.3 Å². The van der Waals surface area contributed by atoms with E-state index in [1.165, 1.54) is 4.90 Å². The normalized spacial score (nSPS) is 16.0. The van der Waals surface area contributed by atoms with E-state index in [1.807, 2.05) is 13.8 Å². The lowest BCUT2D eigenvalue weighted by molar-refractivity contribution is 0.0323. The van der Waals surface area contributed by atoms with Gasteiger partial charge >= 0.3 is 0 Å². The largest absolute Gasteiger partial charge is 0.377 e. The van der Waals surface area contributed by atoms with Crippen LogP contribution in [-0.4, -0.2) is 36.0 Å². The van der Waals surface area contributed by atoms with Crippen molar-refractivity contribution in [3.8, 4) is 0 Å². The standard InChI is InChI=1S/C14H17NO3/c1-3-8-18-10(2)9-15-13(16)11-6-4-5-7-12(11)14(15)17/h4-7,10H,3,8-9H2,1-2H3. The van der Waals surface area contributed by atoms with E-state index in [0.29, 0.717) is 24.3 Å². The third kappa shape index (κ3) is 2.29. The summed E-state index contributed by atoms with van der Waals surface area (Å²) in [6.45, 7) is 4.85. The van der Waals surface area contributed by atoms with Gasteiger partial charge in [-0.25, -0.2) is 0 Å². The van der Waals surface area contributed by atoms with Crippen LogP contribution in [0, 0.1) is 0 Å². The molecule has 0 saturated carbocycles. The number of amides is 2. The Morgan fingerprint density at radius 3 is 2.22 bits per heavy atom. The molecule has 2 rings (SSSR count). The summed E-state index contributed by atoms with van der Waals surface area (Å²) in [7, 11) is 0. The Morgan fingerprint density at radius 1 is 1.17 bits per heavy atom. The lowest BCUT2D eigenvalue weighted by atomic mass is 10.1. The topological polar surface area (TPSA) is 46.6 Å². The van der Waals surface area contributed by atoms with Crippen molar-refractivity contribution in [2.45, 2.75) is 26.4 Å². The van der Waals surface area contributed by atoms with Crippen molar-refractivity contribution in [3.05, 3.63) is 35.4 Å². The van der Waals surface area contributed by atoms with Gasteiger partial charge in [0, 0.05) is 6.61 Å². The molecule has 0 saturated heterocycles.